The van der Waals surface area contributed by atoms with Crippen molar-refractivity contribution < 1.29 is 0 Å². The summed E-state index contributed by atoms with van der Waals surface area (Å²) in [7, 11) is 0. The Morgan fingerprint density at radius 2 is 1.94 bits per heavy atom. The minimum absolute atomic E-state index is 0.858. The minimum atomic E-state index is 0.858. The predicted molar refractivity (Wildman–Crippen MR) is 77.7 cm³/mol. The lowest BCUT2D eigenvalue weighted by Gasteiger charge is -2.20. The van der Waals surface area contributed by atoms with E-state index >= 15 is 0 Å². The van der Waals surface area contributed by atoms with Crippen molar-refractivity contribution >= 4 is 0 Å². The highest BCUT2D eigenvalue weighted by atomic mass is 15.1. The molecule has 1 aromatic carbocycles. The number of rotatable bonds is 9. The summed E-state index contributed by atoms with van der Waals surface area (Å²) < 4.78 is 0. The van der Waals surface area contributed by atoms with E-state index in [0.717, 1.165) is 19.1 Å². The second-order valence-electron chi connectivity index (χ2n) is 5.29. The fourth-order valence-corrected chi connectivity index (χ4v) is 2.24. The number of nitrogens with one attached hydrogen (secondary N) is 1. The Hall–Kier alpha value is -0.860. The van der Waals surface area contributed by atoms with E-state index < -0.39 is 0 Å². The van der Waals surface area contributed by atoms with Crippen LogP contribution < -0.4 is 5.32 Å². The first-order valence-corrected chi connectivity index (χ1v) is 7.38. The van der Waals surface area contributed by atoms with Crippen LogP contribution in [0.1, 0.15) is 38.2 Å². The van der Waals surface area contributed by atoms with Crippen LogP contribution in [0.15, 0.2) is 30.3 Å². The summed E-state index contributed by atoms with van der Waals surface area (Å²) in [5.74, 6) is 0. The Labute approximate surface area is 111 Å². The van der Waals surface area contributed by atoms with Crippen LogP contribution in [-0.4, -0.2) is 30.6 Å². The van der Waals surface area contributed by atoms with Gasteiger partial charge in [-0.1, -0.05) is 37.3 Å². The molecule has 0 heterocycles. The summed E-state index contributed by atoms with van der Waals surface area (Å²) in [5, 5.41) is 3.58. The first-order valence-electron chi connectivity index (χ1n) is 7.38. The zero-order valence-corrected chi connectivity index (χ0v) is 11.6. The molecule has 0 amide bonds. The number of benzene rings is 1. The number of nitrogens with zero attached hydrogens (tertiary/aromatic N) is 1. The average molecular weight is 246 g/mol. The van der Waals surface area contributed by atoms with Gasteiger partial charge in [0.25, 0.3) is 0 Å². The van der Waals surface area contributed by atoms with E-state index in [1.54, 1.807) is 0 Å². The van der Waals surface area contributed by atoms with Crippen LogP contribution in [0.2, 0.25) is 0 Å². The summed E-state index contributed by atoms with van der Waals surface area (Å²) in [6.07, 6.45) is 5.41. The molecule has 0 unspecified atom stereocenters. The van der Waals surface area contributed by atoms with Crippen molar-refractivity contribution in [3.63, 3.8) is 0 Å². The van der Waals surface area contributed by atoms with Gasteiger partial charge in [0.15, 0.2) is 0 Å². The SMILES string of the molecule is CCN(CCCCNC1CC1)Cc1ccccc1. The maximum Gasteiger partial charge on any atom is 0.0233 e. The van der Waals surface area contributed by atoms with Gasteiger partial charge in [-0.25, -0.2) is 0 Å². The van der Waals surface area contributed by atoms with Crippen LogP contribution in [0.5, 0.6) is 0 Å². The molecule has 0 spiro atoms. The van der Waals surface area contributed by atoms with E-state index in [4.69, 9.17) is 0 Å². The predicted octanol–water partition coefficient (Wildman–Crippen LogP) is 3.04. The fourth-order valence-electron chi connectivity index (χ4n) is 2.24. The molecule has 0 bridgehead atoms. The summed E-state index contributed by atoms with van der Waals surface area (Å²) in [6.45, 7) is 6.91. The van der Waals surface area contributed by atoms with Crippen molar-refractivity contribution in [1.29, 1.82) is 0 Å². The van der Waals surface area contributed by atoms with Gasteiger partial charge >= 0.3 is 0 Å². The van der Waals surface area contributed by atoms with Crippen LogP contribution in [-0.2, 0) is 6.54 Å². The first kappa shape index (κ1) is 13.6. The molecule has 1 aliphatic rings. The molecular formula is C16H26N2. The summed E-state index contributed by atoms with van der Waals surface area (Å²) in [6, 6.07) is 11.6. The second kappa shape index (κ2) is 7.55. The van der Waals surface area contributed by atoms with E-state index in [1.807, 2.05) is 0 Å². The summed E-state index contributed by atoms with van der Waals surface area (Å²) in [4.78, 5) is 2.53. The van der Waals surface area contributed by atoms with E-state index in [1.165, 1.54) is 44.3 Å². The Balaban J connectivity index is 1.59. The molecule has 18 heavy (non-hydrogen) atoms. The van der Waals surface area contributed by atoms with Gasteiger partial charge in [0.05, 0.1) is 0 Å². The average Bonchev–Trinajstić information content (AvgIpc) is 3.22. The van der Waals surface area contributed by atoms with Crippen LogP contribution >= 0.6 is 0 Å². The molecule has 1 N–H and O–H groups in total. The molecule has 2 rings (SSSR count). The van der Waals surface area contributed by atoms with Gasteiger partial charge in [-0.2, -0.15) is 0 Å². The molecule has 0 saturated heterocycles. The number of hydrogen-bond acceptors (Lipinski definition) is 2. The van der Waals surface area contributed by atoms with Gasteiger partial charge in [-0.15, -0.1) is 0 Å². The maximum absolute atomic E-state index is 3.58. The Morgan fingerprint density at radius 3 is 2.61 bits per heavy atom. The van der Waals surface area contributed by atoms with Crippen molar-refractivity contribution in [2.45, 2.75) is 45.2 Å². The molecule has 0 radical (unpaired) electrons. The monoisotopic (exact) mass is 246 g/mol. The third-order valence-electron chi connectivity index (χ3n) is 3.61. The standard InChI is InChI=1S/C16H26N2/c1-2-18(14-15-8-4-3-5-9-15)13-7-6-12-17-16-10-11-16/h3-5,8-9,16-17H,2,6-7,10-14H2,1H3. The molecule has 1 fully saturated rings. The summed E-state index contributed by atoms with van der Waals surface area (Å²) in [5.41, 5.74) is 1.43. The topological polar surface area (TPSA) is 15.3 Å². The molecule has 100 valence electrons. The van der Waals surface area contributed by atoms with Crippen LogP contribution in [0.3, 0.4) is 0 Å². The van der Waals surface area contributed by atoms with E-state index in [0.29, 0.717) is 0 Å². The molecule has 1 aliphatic carbocycles. The van der Waals surface area contributed by atoms with Gasteiger partial charge in [-0.05, 0) is 50.9 Å². The van der Waals surface area contributed by atoms with E-state index in [2.05, 4.69) is 47.5 Å². The van der Waals surface area contributed by atoms with Gasteiger partial charge in [-0.3, -0.25) is 4.90 Å². The van der Waals surface area contributed by atoms with E-state index in [9.17, 15) is 0 Å². The molecule has 1 aromatic rings. The fraction of sp³-hybridized carbons (Fsp3) is 0.625. The lowest BCUT2D eigenvalue weighted by Crippen LogP contribution is -2.25. The van der Waals surface area contributed by atoms with Crippen molar-refractivity contribution in [3.05, 3.63) is 35.9 Å². The maximum atomic E-state index is 3.58. The number of hydrogen-bond donors (Lipinski definition) is 1. The van der Waals surface area contributed by atoms with E-state index in [-0.39, 0.29) is 0 Å². The third kappa shape index (κ3) is 5.19. The molecule has 0 atom stereocenters. The Kier molecular flexibility index (Phi) is 5.69. The van der Waals surface area contributed by atoms with Crippen molar-refractivity contribution in [3.8, 4) is 0 Å². The molecule has 1 saturated carbocycles. The third-order valence-corrected chi connectivity index (χ3v) is 3.61. The van der Waals surface area contributed by atoms with Crippen molar-refractivity contribution in [1.82, 2.24) is 10.2 Å². The largest absolute Gasteiger partial charge is 0.314 e. The second-order valence-corrected chi connectivity index (χ2v) is 5.29. The Morgan fingerprint density at radius 1 is 1.17 bits per heavy atom. The van der Waals surface area contributed by atoms with Gasteiger partial charge in [0.1, 0.15) is 0 Å². The zero-order valence-electron chi connectivity index (χ0n) is 11.6. The van der Waals surface area contributed by atoms with Crippen molar-refractivity contribution in [2.75, 3.05) is 19.6 Å². The summed E-state index contributed by atoms with van der Waals surface area (Å²) >= 11 is 0. The normalized spacial score (nSPS) is 15.2. The highest BCUT2D eigenvalue weighted by Crippen LogP contribution is 2.18. The zero-order chi connectivity index (χ0) is 12.6. The highest BCUT2D eigenvalue weighted by Gasteiger charge is 2.19. The smallest absolute Gasteiger partial charge is 0.0233 e. The van der Waals surface area contributed by atoms with Gasteiger partial charge in [0, 0.05) is 12.6 Å². The van der Waals surface area contributed by atoms with Crippen molar-refractivity contribution in [2.24, 2.45) is 0 Å². The lowest BCUT2D eigenvalue weighted by atomic mass is 10.2. The molecule has 0 aliphatic heterocycles. The minimum Gasteiger partial charge on any atom is -0.314 e. The first-order chi connectivity index (χ1) is 8.88. The molecular weight excluding hydrogens is 220 g/mol. The number of unbranched alkanes of at least 4 members (excludes halogenated alkanes) is 1. The molecule has 2 nitrogen and oxygen atoms in total. The Bertz CT molecular complexity index is 319. The van der Waals surface area contributed by atoms with Crippen LogP contribution in [0.25, 0.3) is 0 Å². The van der Waals surface area contributed by atoms with Crippen LogP contribution in [0, 0.1) is 0 Å². The van der Waals surface area contributed by atoms with Crippen LogP contribution in [0.4, 0.5) is 0 Å². The molecule has 2 heteroatoms. The molecule has 0 aromatic heterocycles. The highest BCUT2D eigenvalue weighted by molar-refractivity contribution is 5.14. The quantitative estimate of drug-likeness (QED) is 0.674. The van der Waals surface area contributed by atoms with Gasteiger partial charge in [0.2, 0.25) is 0 Å². The lowest BCUT2D eigenvalue weighted by molar-refractivity contribution is 0.273. The van der Waals surface area contributed by atoms with Gasteiger partial charge < -0.3 is 5.32 Å².